The van der Waals surface area contributed by atoms with E-state index in [1.54, 1.807) is 6.92 Å². The van der Waals surface area contributed by atoms with Crippen LogP contribution >= 0.6 is 0 Å². The van der Waals surface area contributed by atoms with E-state index < -0.39 is 18.3 Å². The maximum Gasteiger partial charge on any atom is 0.401 e. The van der Waals surface area contributed by atoms with Gasteiger partial charge in [0, 0.05) is 6.54 Å². The molecule has 1 aromatic carbocycles. The Hall–Kier alpha value is -1.07. The van der Waals surface area contributed by atoms with Crippen LogP contribution in [0.3, 0.4) is 0 Å². The molecular weight excluding hydrogens is 253 g/mol. The molecule has 2 nitrogen and oxygen atoms in total. The lowest BCUT2D eigenvalue weighted by molar-refractivity contribution is -0.147. The van der Waals surface area contributed by atoms with E-state index in [0.717, 1.165) is 5.56 Å². The Bertz CT molecular complexity index is 374. The van der Waals surface area contributed by atoms with Gasteiger partial charge in [-0.1, -0.05) is 37.3 Å². The standard InChI is InChI=1S/C14H21F3N2/c1-3-9-19(11-14(15,16)17)10-13(2,18)12-7-5-4-6-8-12/h4-8H,3,9-11,18H2,1-2H3. The van der Waals surface area contributed by atoms with E-state index in [4.69, 9.17) is 5.73 Å². The Morgan fingerprint density at radius 2 is 1.68 bits per heavy atom. The van der Waals surface area contributed by atoms with Gasteiger partial charge in [0.2, 0.25) is 0 Å². The van der Waals surface area contributed by atoms with Gasteiger partial charge in [0.1, 0.15) is 0 Å². The van der Waals surface area contributed by atoms with Crippen LogP contribution in [-0.2, 0) is 5.54 Å². The zero-order valence-corrected chi connectivity index (χ0v) is 11.4. The van der Waals surface area contributed by atoms with Crippen LogP contribution in [0.15, 0.2) is 30.3 Å². The third kappa shape index (κ3) is 5.61. The second-order valence-electron chi connectivity index (χ2n) is 5.11. The van der Waals surface area contributed by atoms with Crippen LogP contribution in [0.2, 0.25) is 0 Å². The van der Waals surface area contributed by atoms with Crippen molar-refractivity contribution in [2.75, 3.05) is 19.6 Å². The van der Waals surface area contributed by atoms with Gasteiger partial charge in [-0.25, -0.2) is 0 Å². The zero-order valence-electron chi connectivity index (χ0n) is 11.4. The topological polar surface area (TPSA) is 29.3 Å². The summed E-state index contributed by atoms with van der Waals surface area (Å²) < 4.78 is 37.6. The lowest BCUT2D eigenvalue weighted by Crippen LogP contribution is -2.48. The molecule has 1 aromatic rings. The van der Waals surface area contributed by atoms with E-state index in [1.807, 2.05) is 37.3 Å². The lowest BCUT2D eigenvalue weighted by atomic mass is 9.92. The minimum atomic E-state index is -4.19. The van der Waals surface area contributed by atoms with Gasteiger partial charge in [-0.05, 0) is 25.5 Å². The molecule has 0 heterocycles. The Kier molecular flexibility index (Phi) is 5.38. The van der Waals surface area contributed by atoms with E-state index in [2.05, 4.69) is 0 Å². The summed E-state index contributed by atoms with van der Waals surface area (Å²) in [7, 11) is 0. The molecule has 0 aliphatic carbocycles. The van der Waals surface area contributed by atoms with Crippen LogP contribution in [-0.4, -0.2) is 30.7 Å². The molecule has 0 aliphatic heterocycles. The Balaban J connectivity index is 2.77. The quantitative estimate of drug-likeness (QED) is 0.863. The molecule has 0 amide bonds. The monoisotopic (exact) mass is 274 g/mol. The van der Waals surface area contributed by atoms with Gasteiger partial charge < -0.3 is 5.73 Å². The lowest BCUT2D eigenvalue weighted by Gasteiger charge is -2.33. The molecule has 0 fully saturated rings. The van der Waals surface area contributed by atoms with Gasteiger partial charge in [-0.3, -0.25) is 4.90 Å². The third-order valence-electron chi connectivity index (χ3n) is 2.93. The summed E-state index contributed by atoms with van der Waals surface area (Å²) in [6, 6.07) is 9.23. The molecule has 0 aromatic heterocycles. The minimum Gasteiger partial charge on any atom is -0.321 e. The smallest absolute Gasteiger partial charge is 0.321 e. The number of halogens is 3. The fraction of sp³-hybridized carbons (Fsp3) is 0.571. The van der Waals surface area contributed by atoms with Crippen molar-refractivity contribution in [3.05, 3.63) is 35.9 Å². The van der Waals surface area contributed by atoms with Crippen LogP contribution in [0.25, 0.3) is 0 Å². The fourth-order valence-electron chi connectivity index (χ4n) is 2.16. The first kappa shape index (κ1) is 16.0. The summed E-state index contributed by atoms with van der Waals surface area (Å²) >= 11 is 0. The maximum atomic E-state index is 12.5. The zero-order chi connectivity index (χ0) is 14.5. The van der Waals surface area contributed by atoms with Gasteiger partial charge in [0.25, 0.3) is 0 Å². The number of nitrogens with zero attached hydrogens (tertiary/aromatic N) is 1. The Morgan fingerprint density at radius 3 is 2.16 bits per heavy atom. The van der Waals surface area contributed by atoms with Crippen LogP contribution in [0.5, 0.6) is 0 Å². The van der Waals surface area contributed by atoms with Gasteiger partial charge in [-0.2, -0.15) is 13.2 Å². The van der Waals surface area contributed by atoms with Crippen LogP contribution in [0.1, 0.15) is 25.8 Å². The Labute approximate surface area is 112 Å². The number of hydrogen-bond donors (Lipinski definition) is 1. The van der Waals surface area contributed by atoms with Crippen LogP contribution in [0, 0.1) is 0 Å². The largest absolute Gasteiger partial charge is 0.401 e. The summed E-state index contributed by atoms with van der Waals surface area (Å²) in [5, 5.41) is 0. The predicted molar refractivity (Wildman–Crippen MR) is 70.8 cm³/mol. The predicted octanol–water partition coefficient (Wildman–Crippen LogP) is 3.13. The number of rotatable bonds is 6. The van der Waals surface area contributed by atoms with Gasteiger partial charge in [0.15, 0.2) is 0 Å². The van der Waals surface area contributed by atoms with Gasteiger partial charge in [0.05, 0.1) is 12.1 Å². The molecule has 2 N–H and O–H groups in total. The van der Waals surface area contributed by atoms with Crippen molar-refractivity contribution in [1.82, 2.24) is 4.90 Å². The van der Waals surface area contributed by atoms with Gasteiger partial charge >= 0.3 is 6.18 Å². The molecule has 0 bridgehead atoms. The molecular formula is C14H21F3N2. The summed E-state index contributed by atoms with van der Waals surface area (Å²) in [6.07, 6.45) is -3.52. The third-order valence-corrected chi connectivity index (χ3v) is 2.93. The van der Waals surface area contributed by atoms with Crippen molar-refractivity contribution in [2.24, 2.45) is 5.73 Å². The maximum absolute atomic E-state index is 12.5. The summed E-state index contributed by atoms with van der Waals surface area (Å²) in [5.41, 5.74) is 6.23. The normalized spacial score (nSPS) is 15.5. The van der Waals surface area contributed by atoms with E-state index >= 15 is 0 Å². The second kappa shape index (κ2) is 6.39. The molecule has 1 rings (SSSR count). The fourth-order valence-corrected chi connectivity index (χ4v) is 2.16. The van der Waals surface area contributed by atoms with Crippen molar-refractivity contribution < 1.29 is 13.2 Å². The molecule has 19 heavy (non-hydrogen) atoms. The summed E-state index contributed by atoms with van der Waals surface area (Å²) in [4.78, 5) is 1.37. The van der Waals surface area contributed by atoms with Gasteiger partial charge in [-0.15, -0.1) is 0 Å². The molecule has 1 unspecified atom stereocenters. The van der Waals surface area contributed by atoms with Crippen molar-refractivity contribution in [2.45, 2.75) is 32.0 Å². The highest BCUT2D eigenvalue weighted by Crippen LogP contribution is 2.22. The first-order valence-electron chi connectivity index (χ1n) is 6.38. The summed E-state index contributed by atoms with van der Waals surface area (Å²) in [6.45, 7) is 3.28. The first-order valence-corrected chi connectivity index (χ1v) is 6.38. The molecule has 0 saturated heterocycles. The Morgan fingerprint density at radius 1 is 1.11 bits per heavy atom. The van der Waals surface area contributed by atoms with Crippen molar-refractivity contribution in [3.8, 4) is 0 Å². The highest BCUT2D eigenvalue weighted by Gasteiger charge is 2.33. The molecule has 0 radical (unpaired) electrons. The SMILES string of the molecule is CCCN(CC(F)(F)F)CC(C)(N)c1ccccc1. The minimum absolute atomic E-state index is 0.185. The van der Waals surface area contributed by atoms with Crippen molar-refractivity contribution in [1.29, 1.82) is 0 Å². The average Bonchev–Trinajstić information content (AvgIpc) is 2.27. The van der Waals surface area contributed by atoms with E-state index in [1.165, 1.54) is 4.90 Å². The van der Waals surface area contributed by atoms with Crippen molar-refractivity contribution in [3.63, 3.8) is 0 Å². The number of benzene rings is 1. The average molecular weight is 274 g/mol. The van der Waals surface area contributed by atoms with E-state index in [-0.39, 0.29) is 6.54 Å². The first-order chi connectivity index (χ1) is 8.74. The number of alkyl halides is 3. The number of nitrogens with two attached hydrogens (primary N) is 1. The molecule has 0 saturated carbocycles. The summed E-state index contributed by atoms with van der Waals surface area (Å²) in [5.74, 6) is 0. The van der Waals surface area contributed by atoms with Crippen LogP contribution in [0.4, 0.5) is 13.2 Å². The highest BCUT2D eigenvalue weighted by molar-refractivity contribution is 5.23. The number of hydrogen-bond acceptors (Lipinski definition) is 2. The van der Waals surface area contributed by atoms with E-state index in [0.29, 0.717) is 13.0 Å². The molecule has 108 valence electrons. The highest BCUT2D eigenvalue weighted by atomic mass is 19.4. The molecule has 5 heteroatoms. The molecule has 0 spiro atoms. The van der Waals surface area contributed by atoms with E-state index in [9.17, 15) is 13.2 Å². The van der Waals surface area contributed by atoms with Crippen LogP contribution < -0.4 is 5.73 Å². The molecule has 0 aliphatic rings. The second-order valence-corrected chi connectivity index (χ2v) is 5.11. The molecule has 1 atom stereocenters. The van der Waals surface area contributed by atoms with Crippen molar-refractivity contribution >= 4 is 0 Å².